The van der Waals surface area contributed by atoms with Gasteiger partial charge in [-0.1, -0.05) is 36.2 Å². The molecule has 116 valence electrons. The number of nitrogens with one attached hydrogen (secondary N) is 1. The second kappa shape index (κ2) is 8.02. The fourth-order valence-electron chi connectivity index (χ4n) is 2.71. The molecule has 21 heavy (non-hydrogen) atoms. The van der Waals surface area contributed by atoms with Crippen molar-refractivity contribution in [3.8, 4) is 0 Å². The SMILES string of the molecule is CCCNC(=O)[C@@H]1CCCN(Cc2c(Cl)cccc2Cl)C1. The Morgan fingerprint density at radius 1 is 1.38 bits per heavy atom. The van der Waals surface area contributed by atoms with E-state index in [1.165, 1.54) is 0 Å². The normalized spacial score (nSPS) is 19.5. The molecule has 1 N–H and O–H groups in total. The number of carbonyl (C=O) groups excluding carboxylic acids is 1. The quantitative estimate of drug-likeness (QED) is 0.893. The maximum Gasteiger partial charge on any atom is 0.224 e. The predicted octanol–water partition coefficient (Wildman–Crippen LogP) is 3.73. The van der Waals surface area contributed by atoms with Crippen LogP contribution in [0.2, 0.25) is 10.0 Å². The van der Waals surface area contributed by atoms with Crippen LogP contribution in [-0.2, 0) is 11.3 Å². The first-order valence-electron chi connectivity index (χ1n) is 7.54. The van der Waals surface area contributed by atoms with Crippen molar-refractivity contribution in [2.75, 3.05) is 19.6 Å². The van der Waals surface area contributed by atoms with Crippen molar-refractivity contribution in [2.24, 2.45) is 5.92 Å². The molecule has 1 aromatic rings. The van der Waals surface area contributed by atoms with Crippen LogP contribution < -0.4 is 5.32 Å². The molecule has 3 nitrogen and oxygen atoms in total. The molecule has 1 aliphatic heterocycles. The molecule has 0 bridgehead atoms. The topological polar surface area (TPSA) is 32.3 Å². The fourth-order valence-corrected chi connectivity index (χ4v) is 3.23. The maximum absolute atomic E-state index is 12.1. The van der Waals surface area contributed by atoms with E-state index < -0.39 is 0 Å². The number of carbonyl (C=O) groups is 1. The van der Waals surface area contributed by atoms with E-state index in [2.05, 4.69) is 17.1 Å². The number of hydrogen-bond donors (Lipinski definition) is 1. The minimum atomic E-state index is 0.0755. The summed E-state index contributed by atoms with van der Waals surface area (Å²) in [5, 5.41) is 4.38. The Kier molecular flexibility index (Phi) is 6.34. The Morgan fingerprint density at radius 3 is 2.76 bits per heavy atom. The van der Waals surface area contributed by atoms with E-state index >= 15 is 0 Å². The largest absolute Gasteiger partial charge is 0.356 e. The van der Waals surface area contributed by atoms with Gasteiger partial charge in [-0.05, 0) is 37.9 Å². The summed E-state index contributed by atoms with van der Waals surface area (Å²) >= 11 is 12.5. The van der Waals surface area contributed by atoms with Crippen molar-refractivity contribution in [3.05, 3.63) is 33.8 Å². The lowest BCUT2D eigenvalue weighted by molar-refractivity contribution is -0.126. The summed E-state index contributed by atoms with van der Waals surface area (Å²) in [5.74, 6) is 0.248. The summed E-state index contributed by atoms with van der Waals surface area (Å²) in [4.78, 5) is 14.4. The predicted molar refractivity (Wildman–Crippen MR) is 87.8 cm³/mol. The average Bonchev–Trinajstić information content (AvgIpc) is 2.49. The van der Waals surface area contributed by atoms with Gasteiger partial charge < -0.3 is 5.32 Å². The van der Waals surface area contributed by atoms with Gasteiger partial charge >= 0.3 is 0 Å². The Hall–Kier alpha value is -0.770. The summed E-state index contributed by atoms with van der Waals surface area (Å²) in [7, 11) is 0. The van der Waals surface area contributed by atoms with Crippen LogP contribution in [0.5, 0.6) is 0 Å². The van der Waals surface area contributed by atoms with Crippen LogP contribution in [0.25, 0.3) is 0 Å². The number of halogens is 2. The first-order valence-corrected chi connectivity index (χ1v) is 8.30. The van der Waals surface area contributed by atoms with Gasteiger partial charge in [0.2, 0.25) is 5.91 Å². The van der Waals surface area contributed by atoms with Crippen LogP contribution in [0.15, 0.2) is 18.2 Å². The van der Waals surface area contributed by atoms with Crippen molar-refractivity contribution >= 4 is 29.1 Å². The molecule has 5 heteroatoms. The van der Waals surface area contributed by atoms with Gasteiger partial charge in [-0.3, -0.25) is 9.69 Å². The van der Waals surface area contributed by atoms with Gasteiger partial charge in [0, 0.05) is 35.2 Å². The number of amides is 1. The van der Waals surface area contributed by atoms with Crippen LogP contribution in [0, 0.1) is 5.92 Å². The van der Waals surface area contributed by atoms with Gasteiger partial charge in [0.05, 0.1) is 5.92 Å². The molecular formula is C16H22Cl2N2O. The highest BCUT2D eigenvalue weighted by molar-refractivity contribution is 6.35. The average molecular weight is 329 g/mol. The minimum Gasteiger partial charge on any atom is -0.356 e. The molecule has 0 saturated carbocycles. The molecule has 0 aliphatic carbocycles. The molecule has 1 atom stereocenters. The van der Waals surface area contributed by atoms with Gasteiger partial charge in [-0.25, -0.2) is 0 Å². The molecule has 2 rings (SSSR count). The number of piperidine rings is 1. The molecule has 0 spiro atoms. The van der Waals surface area contributed by atoms with Crippen LogP contribution >= 0.6 is 23.2 Å². The molecule has 0 radical (unpaired) electrons. The first kappa shape index (κ1) is 16.6. The van der Waals surface area contributed by atoms with Gasteiger partial charge in [0.15, 0.2) is 0 Å². The van der Waals surface area contributed by atoms with Crippen molar-refractivity contribution < 1.29 is 4.79 Å². The number of hydrogen-bond acceptors (Lipinski definition) is 2. The van der Waals surface area contributed by atoms with Crippen molar-refractivity contribution in [1.82, 2.24) is 10.2 Å². The van der Waals surface area contributed by atoms with Gasteiger partial charge in [-0.2, -0.15) is 0 Å². The van der Waals surface area contributed by atoms with Gasteiger partial charge in [-0.15, -0.1) is 0 Å². The zero-order valence-corrected chi connectivity index (χ0v) is 13.9. The van der Waals surface area contributed by atoms with E-state index in [4.69, 9.17) is 23.2 Å². The molecular weight excluding hydrogens is 307 g/mol. The molecule has 1 fully saturated rings. The second-order valence-electron chi connectivity index (χ2n) is 5.57. The van der Waals surface area contributed by atoms with Crippen molar-refractivity contribution in [3.63, 3.8) is 0 Å². The Bertz CT molecular complexity index is 473. The number of nitrogens with zero attached hydrogens (tertiary/aromatic N) is 1. The fraction of sp³-hybridized carbons (Fsp3) is 0.562. The van der Waals surface area contributed by atoms with E-state index in [9.17, 15) is 4.79 Å². The summed E-state index contributed by atoms with van der Waals surface area (Å²) in [6, 6.07) is 5.57. The zero-order valence-electron chi connectivity index (χ0n) is 12.4. The number of likely N-dealkylation sites (tertiary alicyclic amines) is 1. The minimum absolute atomic E-state index is 0.0755. The molecule has 0 aromatic heterocycles. The number of benzene rings is 1. The van der Waals surface area contributed by atoms with E-state index in [0.29, 0.717) is 16.6 Å². The van der Waals surface area contributed by atoms with Crippen molar-refractivity contribution in [2.45, 2.75) is 32.7 Å². The highest BCUT2D eigenvalue weighted by Gasteiger charge is 2.26. The lowest BCUT2D eigenvalue weighted by atomic mass is 9.96. The highest BCUT2D eigenvalue weighted by Crippen LogP contribution is 2.27. The Morgan fingerprint density at radius 2 is 2.10 bits per heavy atom. The smallest absolute Gasteiger partial charge is 0.224 e. The van der Waals surface area contributed by atoms with Gasteiger partial charge in [0.25, 0.3) is 0 Å². The maximum atomic E-state index is 12.1. The van der Waals surface area contributed by atoms with E-state index in [-0.39, 0.29) is 11.8 Å². The lowest BCUT2D eigenvalue weighted by Gasteiger charge is -2.32. The first-order chi connectivity index (χ1) is 10.1. The third-order valence-corrected chi connectivity index (χ3v) is 4.58. The van der Waals surface area contributed by atoms with Gasteiger partial charge in [0.1, 0.15) is 0 Å². The lowest BCUT2D eigenvalue weighted by Crippen LogP contribution is -2.42. The summed E-state index contributed by atoms with van der Waals surface area (Å²) < 4.78 is 0. The van der Waals surface area contributed by atoms with Crippen LogP contribution in [0.1, 0.15) is 31.7 Å². The Labute approximate surface area is 136 Å². The zero-order chi connectivity index (χ0) is 15.2. The molecule has 1 amide bonds. The van der Waals surface area contributed by atoms with E-state index in [1.807, 2.05) is 18.2 Å². The molecule has 1 aromatic carbocycles. The van der Waals surface area contributed by atoms with Crippen LogP contribution in [-0.4, -0.2) is 30.4 Å². The van der Waals surface area contributed by atoms with E-state index in [0.717, 1.165) is 44.5 Å². The number of rotatable bonds is 5. The summed E-state index contributed by atoms with van der Waals surface area (Å²) in [6.45, 7) is 5.28. The van der Waals surface area contributed by atoms with Crippen LogP contribution in [0.3, 0.4) is 0 Å². The monoisotopic (exact) mass is 328 g/mol. The summed E-state index contributed by atoms with van der Waals surface area (Å²) in [5.41, 5.74) is 0.954. The molecule has 0 unspecified atom stereocenters. The second-order valence-corrected chi connectivity index (χ2v) is 6.38. The van der Waals surface area contributed by atoms with Crippen molar-refractivity contribution in [1.29, 1.82) is 0 Å². The third-order valence-electron chi connectivity index (χ3n) is 3.87. The standard InChI is InChI=1S/C16H22Cl2N2O/c1-2-8-19-16(21)12-5-4-9-20(10-12)11-13-14(17)6-3-7-15(13)18/h3,6-7,12H,2,4-5,8-11H2,1H3,(H,19,21)/t12-/m1/s1. The highest BCUT2D eigenvalue weighted by atomic mass is 35.5. The molecule has 1 saturated heterocycles. The van der Waals surface area contributed by atoms with E-state index in [1.54, 1.807) is 0 Å². The van der Waals surface area contributed by atoms with Crippen LogP contribution in [0.4, 0.5) is 0 Å². The molecule has 1 aliphatic rings. The summed E-state index contributed by atoms with van der Waals surface area (Å²) in [6.07, 6.45) is 2.96. The molecule has 1 heterocycles. The Balaban J connectivity index is 1.96. The third kappa shape index (κ3) is 4.60.